The highest BCUT2D eigenvalue weighted by Crippen LogP contribution is 2.26. The van der Waals surface area contributed by atoms with E-state index in [0.29, 0.717) is 12.8 Å². The molecule has 366 valence electrons. The number of nitrogens with zero attached hydrogens (tertiary/aromatic N) is 1. The molecule has 62 heavy (non-hydrogen) atoms. The van der Waals surface area contributed by atoms with Crippen LogP contribution in [0.3, 0.4) is 0 Å². The summed E-state index contributed by atoms with van der Waals surface area (Å²) in [4.78, 5) is 53.4. The van der Waals surface area contributed by atoms with Gasteiger partial charge in [-0.3, -0.25) is 19.3 Å². The number of rotatable bonds is 48. The van der Waals surface area contributed by atoms with E-state index in [-0.39, 0.29) is 36.2 Å². The van der Waals surface area contributed by atoms with E-state index in [1.165, 1.54) is 246 Å². The Kier molecular flexibility index (Phi) is 46.7. The molecular weight excluding hydrogens is 813 g/mol. The zero-order valence-corrected chi connectivity index (χ0v) is 42.8. The lowest BCUT2D eigenvalue weighted by Gasteiger charge is -2.28. The van der Waals surface area contributed by atoms with E-state index < -0.39 is 24.0 Å². The number of esters is 2. The van der Waals surface area contributed by atoms with Crippen LogP contribution in [0.1, 0.15) is 271 Å². The van der Waals surface area contributed by atoms with Crippen LogP contribution >= 0.6 is 21.6 Å². The van der Waals surface area contributed by atoms with Crippen LogP contribution in [0.2, 0.25) is 0 Å². The normalized spacial score (nSPS) is 12.3. The molecule has 0 aliphatic heterocycles. The van der Waals surface area contributed by atoms with Crippen LogP contribution in [-0.2, 0) is 28.7 Å². The van der Waals surface area contributed by atoms with E-state index in [1.807, 2.05) is 0 Å². The van der Waals surface area contributed by atoms with Gasteiger partial charge < -0.3 is 15.2 Å². The van der Waals surface area contributed by atoms with Crippen LogP contribution in [-0.4, -0.2) is 66.5 Å². The highest BCUT2D eigenvalue weighted by atomic mass is 33.1. The summed E-state index contributed by atoms with van der Waals surface area (Å²) in [6.45, 7) is 4.56. The number of hydrogen-bond donors (Lipinski definition) is 1. The molecule has 0 aromatic carbocycles. The molecule has 0 saturated heterocycles. The first-order valence-electron chi connectivity index (χ1n) is 26.3. The molecule has 2 amide bonds. The Labute approximate surface area is 391 Å². The van der Waals surface area contributed by atoms with Gasteiger partial charge in [0.05, 0.1) is 14.2 Å². The van der Waals surface area contributed by atoms with Gasteiger partial charge in [0, 0.05) is 24.3 Å². The average Bonchev–Trinajstić information content (AvgIpc) is 3.28. The maximum absolute atomic E-state index is 13.7. The summed E-state index contributed by atoms with van der Waals surface area (Å²) in [5.74, 6) is -1.25. The number of amides is 2. The Hall–Kier alpha value is -1.26. The maximum Gasteiger partial charge on any atom is 0.329 e. The molecule has 0 aliphatic rings. The molecule has 0 spiro atoms. The van der Waals surface area contributed by atoms with Crippen LogP contribution in [0.15, 0.2) is 0 Å². The van der Waals surface area contributed by atoms with E-state index in [2.05, 4.69) is 13.8 Å². The second-order valence-corrected chi connectivity index (χ2v) is 20.7. The Morgan fingerprint density at radius 2 is 0.629 bits per heavy atom. The van der Waals surface area contributed by atoms with Gasteiger partial charge in [-0.2, -0.15) is 0 Å². The first-order chi connectivity index (χ1) is 30.3. The van der Waals surface area contributed by atoms with E-state index >= 15 is 0 Å². The second kappa shape index (κ2) is 47.7. The summed E-state index contributed by atoms with van der Waals surface area (Å²) in [6.07, 6.45) is 49.2. The van der Waals surface area contributed by atoms with Crippen LogP contribution in [0.4, 0.5) is 0 Å². The third-order valence-corrected chi connectivity index (χ3v) is 14.8. The molecule has 0 bridgehead atoms. The standard InChI is InChI=1S/C52H100N2O6S2/c1-5-7-9-11-13-15-17-19-21-23-25-27-29-31-33-35-37-39-41-43-49(55)54(48(52(58)60-4)46-62-61-45-47(53)51(57)59-3)50(56)44-42-40-38-36-34-32-30-28-26-24-22-20-18-16-14-12-10-8-6-2/h47-48H,5-46,53H2,1-4H3/t47?,48-/m0/s1. The summed E-state index contributed by atoms with van der Waals surface area (Å²) in [5.41, 5.74) is 5.89. The molecule has 0 aromatic heterocycles. The number of hydrogen-bond acceptors (Lipinski definition) is 9. The smallest absolute Gasteiger partial charge is 0.329 e. The van der Waals surface area contributed by atoms with Crippen molar-refractivity contribution in [3.63, 3.8) is 0 Å². The van der Waals surface area contributed by atoms with Crippen molar-refractivity contribution in [3.8, 4) is 0 Å². The highest BCUT2D eigenvalue weighted by molar-refractivity contribution is 8.76. The Balaban J connectivity index is 4.53. The van der Waals surface area contributed by atoms with Crippen molar-refractivity contribution in [1.82, 2.24) is 4.90 Å². The second-order valence-electron chi connectivity index (χ2n) is 18.1. The van der Waals surface area contributed by atoms with Gasteiger partial charge in [-0.1, -0.05) is 267 Å². The minimum atomic E-state index is -1.02. The van der Waals surface area contributed by atoms with Gasteiger partial charge in [0.15, 0.2) is 0 Å². The lowest BCUT2D eigenvalue weighted by Crippen LogP contribution is -2.50. The van der Waals surface area contributed by atoms with Crippen molar-refractivity contribution >= 4 is 45.3 Å². The summed E-state index contributed by atoms with van der Waals surface area (Å²) < 4.78 is 9.83. The average molecular weight is 914 g/mol. The fourth-order valence-electron chi connectivity index (χ4n) is 8.27. The van der Waals surface area contributed by atoms with E-state index in [4.69, 9.17) is 15.2 Å². The van der Waals surface area contributed by atoms with Crippen molar-refractivity contribution in [2.75, 3.05) is 25.7 Å². The maximum atomic E-state index is 13.7. The fourth-order valence-corrected chi connectivity index (χ4v) is 10.6. The number of carbonyl (C=O) groups excluding carboxylic acids is 4. The van der Waals surface area contributed by atoms with Crippen LogP contribution in [0.25, 0.3) is 0 Å². The Bertz CT molecular complexity index is 979. The van der Waals surface area contributed by atoms with E-state index in [0.717, 1.165) is 25.7 Å². The highest BCUT2D eigenvalue weighted by Gasteiger charge is 2.35. The SMILES string of the molecule is CCCCCCCCCCCCCCCCCCCCCC(=O)N(C(=O)CCCCCCCCCCCCCCCCCCCCC)[C@@H](CSSCC(N)C(=O)OC)C(=O)OC. The fraction of sp³-hybridized carbons (Fsp3) is 0.923. The summed E-state index contributed by atoms with van der Waals surface area (Å²) in [5, 5.41) is 0. The predicted octanol–water partition coefficient (Wildman–Crippen LogP) is 15.4. The molecule has 0 radical (unpaired) electrons. The number of unbranched alkanes of at least 4 members (excludes halogenated alkanes) is 36. The van der Waals surface area contributed by atoms with Crippen LogP contribution < -0.4 is 5.73 Å². The summed E-state index contributed by atoms with van der Waals surface area (Å²) in [7, 11) is 5.22. The van der Waals surface area contributed by atoms with Crippen LogP contribution in [0.5, 0.6) is 0 Å². The molecule has 2 N–H and O–H groups in total. The third kappa shape index (κ3) is 38.1. The molecule has 8 nitrogen and oxygen atoms in total. The molecule has 0 saturated carbocycles. The monoisotopic (exact) mass is 913 g/mol. The first-order valence-corrected chi connectivity index (χ1v) is 28.8. The van der Waals surface area contributed by atoms with E-state index in [9.17, 15) is 19.2 Å². The van der Waals surface area contributed by atoms with Gasteiger partial charge in [0.2, 0.25) is 11.8 Å². The van der Waals surface area contributed by atoms with Gasteiger partial charge in [-0.15, -0.1) is 0 Å². The number of carbonyl (C=O) groups is 4. The molecule has 0 heterocycles. The molecule has 0 aliphatic carbocycles. The van der Waals surface area contributed by atoms with Gasteiger partial charge in [0.25, 0.3) is 0 Å². The van der Waals surface area contributed by atoms with Gasteiger partial charge in [-0.25, -0.2) is 4.79 Å². The summed E-state index contributed by atoms with van der Waals surface area (Å²) in [6, 6.07) is -1.82. The number of methoxy groups -OCH3 is 2. The quantitative estimate of drug-likeness (QED) is 0.0362. The molecular formula is C52H100N2O6S2. The van der Waals surface area contributed by atoms with Gasteiger partial charge in [-0.05, 0) is 12.8 Å². The van der Waals surface area contributed by atoms with Crippen molar-refractivity contribution in [1.29, 1.82) is 0 Å². The van der Waals surface area contributed by atoms with Crippen molar-refractivity contribution in [3.05, 3.63) is 0 Å². The zero-order chi connectivity index (χ0) is 45.6. The molecule has 0 rings (SSSR count). The zero-order valence-electron chi connectivity index (χ0n) is 41.1. The van der Waals surface area contributed by atoms with Gasteiger partial charge in [0.1, 0.15) is 12.1 Å². The van der Waals surface area contributed by atoms with Gasteiger partial charge >= 0.3 is 11.9 Å². The Morgan fingerprint density at radius 3 is 0.887 bits per heavy atom. The number of imide groups is 1. The van der Waals surface area contributed by atoms with Crippen molar-refractivity contribution in [2.24, 2.45) is 5.73 Å². The van der Waals surface area contributed by atoms with Crippen molar-refractivity contribution in [2.45, 2.75) is 283 Å². The molecule has 0 aromatic rings. The first kappa shape index (κ1) is 60.7. The van der Waals surface area contributed by atoms with Crippen LogP contribution in [0, 0.1) is 0 Å². The number of ether oxygens (including phenoxy) is 2. The molecule has 2 atom stereocenters. The minimum Gasteiger partial charge on any atom is -0.468 e. The summed E-state index contributed by atoms with van der Waals surface area (Å²) >= 11 is 0. The molecule has 1 unspecified atom stereocenters. The number of nitrogens with two attached hydrogens (primary N) is 1. The largest absolute Gasteiger partial charge is 0.468 e. The third-order valence-electron chi connectivity index (χ3n) is 12.4. The van der Waals surface area contributed by atoms with Crippen molar-refractivity contribution < 1.29 is 28.7 Å². The topological polar surface area (TPSA) is 116 Å². The predicted molar refractivity (Wildman–Crippen MR) is 269 cm³/mol. The lowest BCUT2D eigenvalue weighted by atomic mass is 10.0. The lowest BCUT2D eigenvalue weighted by molar-refractivity contribution is -0.158. The Morgan fingerprint density at radius 1 is 0.387 bits per heavy atom. The molecule has 10 heteroatoms. The van der Waals surface area contributed by atoms with E-state index in [1.54, 1.807) is 0 Å². The molecule has 0 fully saturated rings. The minimum absolute atomic E-state index is 0.168.